The number of amides is 1. The van der Waals surface area contributed by atoms with E-state index in [1.165, 1.54) is 4.57 Å². The monoisotopic (exact) mass is 352 g/mol. The Labute approximate surface area is 144 Å². The van der Waals surface area contributed by atoms with Gasteiger partial charge >= 0.3 is 6.09 Å². The molecule has 2 N–H and O–H groups in total. The van der Waals surface area contributed by atoms with Gasteiger partial charge in [0.15, 0.2) is 0 Å². The van der Waals surface area contributed by atoms with Crippen LogP contribution in [-0.2, 0) is 6.54 Å². The van der Waals surface area contributed by atoms with Crippen molar-refractivity contribution in [3.05, 3.63) is 39.4 Å². The van der Waals surface area contributed by atoms with E-state index in [2.05, 4.69) is 10.3 Å². The topological polar surface area (TPSA) is 87.5 Å². The fourth-order valence-corrected chi connectivity index (χ4v) is 2.83. The first-order chi connectivity index (χ1) is 11.3. The number of carbonyl (C=O) groups is 1. The second-order valence-electron chi connectivity index (χ2n) is 5.89. The highest BCUT2D eigenvalue weighted by Crippen LogP contribution is 2.20. The number of nitrogens with one attached hydrogen (secondary N) is 1. The molecule has 24 heavy (non-hydrogen) atoms. The van der Waals surface area contributed by atoms with Gasteiger partial charge in [-0.3, -0.25) is 9.36 Å². The van der Waals surface area contributed by atoms with Gasteiger partial charge in [0, 0.05) is 6.54 Å². The Bertz CT molecular complexity index is 804. The van der Waals surface area contributed by atoms with Gasteiger partial charge in [0.25, 0.3) is 5.56 Å². The predicted molar refractivity (Wildman–Crippen MR) is 93.8 cm³/mol. The van der Waals surface area contributed by atoms with E-state index in [0.29, 0.717) is 28.3 Å². The number of fused-ring (bicyclic) bond motifs is 1. The molecule has 130 valence electrons. The smallest absolute Gasteiger partial charge is 0.405 e. The molecule has 8 heteroatoms. The van der Waals surface area contributed by atoms with Gasteiger partial charge < -0.3 is 15.3 Å². The minimum absolute atomic E-state index is 0.251. The largest absolute Gasteiger partial charge is 0.465 e. The average Bonchev–Trinajstić information content (AvgIpc) is 2.48. The van der Waals surface area contributed by atoms with Crippen LogP contribution in [0.3, 0.4) is 0 Å². The van der Waals surface area contributed by atoms with Crippen LogP contribution in [0.25, 0.3) is 10.9 Å². The highest BCUT2D eigenvalue weighted by Gasteiger charge is 2.19. The Hall–Kier alpha value is -2.12. The Morgan fingerprint density at radius 1 is 1.46 bits per heavy atom. The Morgan fingerprint density at radius 3 is 2.79 bits per heavy atom. The first-order valence-electron chi connectivity index (χ1n) is 7.64. The van der Waals surface area contributed by atoms with Crippen molar-refractivity contribution in [1.82, 2.24) is 19.8 Å². The van der Waals surface area contributed by atoms with E-state index in [9.17, 15) is 9.59 Å². The minimum Gasteiger partial charge on any atom is -0.465 e. The van der Waals surface area contributed by atoms with Crippen LogP contribution in [0, 0.1) is 0 Å². The third kappa shape index (κ3) is 4.04. The van der Waals surface area contributed by atoms with Crippen molar-refractivity contribution in [3.8, 4) is 0 Å². The van der Waals surface area contributed by atoms with Crippen LogP contribution in [0.2, 0.25) is 5.02 Å². The van der Waals surface area contributed by atoms with Crippen LogP contribution < -0.4 is 10.9 Å². The van der Waals surface area contributed by atoms with Gasteiger partial charge in [0.1, 0.15) is 5.82 Å². The molecule has 0 aliphatic heterocycles. The van der Waals surface area contributed by atoms with E-state index >= 15 is 0 Å². The molecule has 2 aromatic rings. The molecular formula is C16H21ClN4O3. The number of nitrogens with zero attached hydrogens (tertiary/aromatic N) is 3. The molecule has 0 fully saturated rings. The quantitative estimate of drug-likeness (QED) is 0.833. The number of hydrogen-bond donors (Lipinski definition) is 2. The zero-order valence-electron chi connectivity index (χ0n) is 13.9. The zero-order chi connectivity index (χ0) is 17.9. The molecule has 0 saturated heterocycles. The lowest BCUT2D eigenvalue weighted by atomic mass is 10.2. The van der Waals surface area contributed by atoms with Crippen LogP contribution in [0.4, 0.5) is 4.79 Å². The number of hydrogen-bond acceptors (Lipinski definition) is 4. The van der Waals surface area contributed by atoms with Crippen LogP contribution in [-0.4, -0.2) is 46.3 Å². The maximum atomic E-state index is 12.9. The minimum atomic E-state index is -1.16. The standard InChI is InChI=1S/C16H21ClN4O3/c1-10(18-16(23)24)14-19-12-7-4-6-11(17)13(12)15(22)21(14)9-5-8-20(2)3/h4,6-7,10,18H,5,8-9H2,1-3H3,(H,23,24). The highest BCUT2D eigenvalue weighted by molar-refractivity contribution is 6.35. The summed E-state index contributed by atoms with van der Waals surface area (Å²) >= 11 is 6.16. The van der Waals surface area contributed by atoms with Gasteiger partial charge in [-0.1, -0.05) is 17.7 Å². The lowest BCUT2D eigenvalue weighted by molar-refractivity contribution is 0.190. The van der Waals surface area contributed by atoms with E-state index in [1.54, 1.807) is 25.1 Å². The average molecular weight is 353 g/mol. The third-order valence-electron chi connectivity index (χ3n) is 3.68. The van der Waals surface area contributed by atoms with Crippen molar-refractivity contribution in [1.29, 1.82) is 0 Å². The molecule has 1 aromatic heterocycles. The SMILES string of the molecule is CC(NC(=O)O)c1nc2cccc(Cl)c2c(=O)n1CCCN(C)C. The van der Waals surface area contributed by atoms with E-state index in [1.807, 2.05) is 19.0 Å². The van der Waals surface area contributed by atoms with Crippen molar-refractivity contribution < 1.29 is 9.90 Å². The maximum Gasteiger partial charge on any atom is 0.405 e. The summed E-state index contributed by atoms with van der Waals surface area (Å²) in [5, 5.41) is 12.0. The van der Waals surface area contributed by atoms with Crippen LogP contribution in [0.5, 0.6) is 0 Å². The van der Waals surface area contributed by atoms with Gasteiger partial charge in [0.2, 0.25) is 0 Å². The first-order valence-corrected chi connectivity index (χ1v) is 8.02. The summed E-state index contributed by atoms with van der Waals surface area (Å²) in [5.41, 5.74) is 0.212. The molecule has 1 aromatic carbocycles. The summed E-state index contributed by atoms with van der Waals surface area (Å²) in [6.45, 7) is 2.90. The zero-order valence-corrected chi connectivity index (χ0v) is 14.7. The van der Waals surface area contributed by atoms with E-state index < -0.39 is 12.1 Å². The molecule has 0 aliphatic rings. The molecule has 0 spiro atoms. The van der Waals surface area contributed by atoms with Crippen LogP contribution in [0.15, 0.2) is 23.0 Å². The third-order valence-corrected chi connectivity index (χ3v) is 3.99. The molecule has 1 amide bonds. The van der Waals surface area contributed by atoms with Crippen LogP contribution in [0.1, 0.15) is 25.2 Å². The highest BCUT2D eigenvalue weighted by atomic mass is 35.5. The molecule has 1 heterocycles. The molecule has 1 atom stereocenters. The molecule has 0 aliphatic carbocycles. The molecule has 0 bridgehead atoms. The Morgan fingerprint density at radius 2 is 2.17 bits per heavy atom. The number of aromatic nitrogens is 2. The van der Waals surface area contributed by atoms with Crippen molar-refractivity contribution >= 4 is 28.6 Å². The molecule has 0 radical (unpaired) electrons. The van der Waals surface area contributed by atoms with Crippen molar-refractivity contribution in [2.24, 2.45) is 0 Å². The summed E-state index contributed by atoms with van der Waals surface area (Å²) in [7, 11) is 3.90. The van der Waals surface area contributed by atoms with Crippen LogP contribution >= 0.6 is 11.6 Å². The van der Waals surface area contributed by atoms with Gasteiger partial charge in [-0.2, -0.15) is 0 Å². The van der Waals surface area contributed by atoms with E-state index in [0.717, 1.165) is 13.0 Å². The van der Waals surface area contributed by atoms with Gasteiger partial charge in [-0.25, -0.2) is 9.78 Å². The van der Waals surface area contributed by atoms with Gasteiger partial charge in [-0.15, -0.1) is 0 Å². The van der Waals surface area contributed by atoms with Gasteiger partial charge in [0.05, 0.1) is 22.0 Å². The number of rotatable bonds is 6. The molecule has 2 rings (SSSR count). The summed E-state index contributed by atoms with van der Waals surface area (Å²) < 4.78 is 1.51. The van der Waals surface area contributed by atoms with E-state index in [-0.39, 0.29) is 5.56 Å². The number of halogens is 1. The van der Waals surface area contributed by atoms with Crippen molar-refractivity contribution in [3.63, 3.8) is 0 Å². The second kappa shape index (κ2) is 7.63. The fraction of sp³-hybridized carbons (Fsp3) is 0.438. The summed E-state index contributed by atoms with van der Waals surface area (Å²) in [5.74, 6) is 0.385. The predicted octanol–water partition coefficient (Wildman–Crippen LogP) is 2.33. The summed E-state index contributed by atoms with van der Waals surface area (Å²) in [6.07, 6.45) is -0.431. The summed E-state index contributed by atoms with van der Waals surface area (Å²) in [6, 6.07) is 4.45. The van der Waals surface area contributed by atoms with Crippen molar-refractivity contribution in [2.75, 3.05) is 20.6 Å². The Balaban J connectivity index is 2.55. The van der Waals surface area contributed by atoms with Gasteiger partial charge in [-0.05, 0) is 46.1 Å². The van der Waals surface area contributed by atoms with E-state index in [4.69, 9.17) is 16.7 Å². The molecule has 0 saturated carbocycles. The van der Waals surface area contributed by atoms with Crippen molar-refractivity contribution in [2.45, 2.75) is 25.9 Å². The normalized spacial score (nSPS) is 12.5. The molecule has 7 nitrogen and oxygen atoms in total. The Kier molecular flexibility index (Phi) is 5.80. The maximum absolute atomic E-state index is 12.9. The fourth-order valence-electron chi connectivity index (χ4n) is 2.58. The number of carboxylic acid groups (broad SMARTS) is 1. The molecular weight excluding hydrogens is 332 g/mol. The second-order valence-corrected chi connectivity index (χ2v) is 6.30. The lowest BCUT2D eigenvalue weighted by Crippen LogP contribution is -2.33. The summed E-state index contributed by atoms with van der Waals surface area (Å²) in [4.78, 5) is 30.3. The number of benzene rings is 1. The lowest BCUT2D eigenvalue weighted by Gasteiger charge is -2.19. The first kappa shape index (κ1) is 18.2. The molecule has 1 unspecified atom stereocenters.